The third kappa shape index (κ3) is 5.62. The maximum Gasteiger partial charge on any atom is 0.347 e. The van der Waals surface area contributed by atoms with E-state index < -0.39 is 11.6 Å². The van der Waals surface area contributed by atoms with Crippen LogP contribution in [0.3, 0.4) is 0 Å². The molecule has 2 rings (SSSR count). The maximum atomic E-state index is 12.3. The Bertz CT molecular complexity index is 853. The predicted molar refractivity (Wildman–Crippen MR) is 107 cm³/mol. The number of ketones is 1. The van der Waals surface area contributed by atoms with Crippen LogP contribution in [0, 0.1) is 0 Å². The summed E-state index contributed by atoms with van der Waals surface area (Å²) >= 11 is 1.61. The van der Waals surface area contributed by atoms with Gasteiger partial charge in [0.2, 0.25) is 0 Å². The number of allylic oxidation sites excluding steroid dienone is 1. The first-order valence-electron chi connectivity index (χ1n) is 8.23. The van der Waals surface area contributed by atoms with Gasteiger partial charge in [0, 0.05) is 16.5 Å². The molecule has 0 bridgehead atoms. The van der Waals surface area contributed by atoms with Crippen molar-refractivity contribution in [3.8, 4) is 11.5 Å². The van der Waals surface area contributed by atoms with Gasteiger partial charge in [-0.2, -0.15) is 0 Å². The van der Waals surface area contributed by atoms with E-state index in [1.807, 2.05) is 18.4 Å². The topological polar surface area (TPSA) is 72.8 Å². The fourth-order valence-corrected chi connectivity index (χ4v) is 2.64. The number of aliphatic carboxylic acids is 1. The Hall–Kier alpha value is -2.73. The number of thioether (sulfide) groups is 1. The molecule has 2 aromatic carbocycles. The largest absolute Gasteiger partial charge is 0.497 e. The van der Waals surface area contributed by atoms with E-state index in [2.05, 4.69) is 0 Å². The molecule has 0 saturated heterocycles. The summed E-state index contributed by atoms with van der Waals surface area (Å²) in [7, 11) is 1.51. The third-order valence-electron chi connectivity index (χ3n) is 3.83. The van der Waals surface area contributed by atoms with Crippen LogP contribution in [0.4, 0.5) is 0 Å². The molecule has 0 aromatic heterocycles. The van der Waals surface area contributed by atoms with E-state index >= 15 is 0 Å². The monoisotopic (exact) mass is 386 g/mol. The lowest BCUT2D eigenvalue weighted by Gasteiger charge is -2.22. The summed E-state index contributed by atoms with van der Waals surface area (Å²) in [5.41, 5.74) is -0.127. The summed E-state index contributed by atoms with van der Waals surface area (Å²) < 4.78 is 10.8. The molecule has 0 unspecified atom stereocenters. The van der Waals surface area contributed by atoms with Crippen molar-refractivity contribution < 1.29 is 24.2 Å². The highest BCUT2D eigenvalue weighted by molar-refractivity contribution is 7.98. The van der Waals surface area contributed by atoms with E-state index in [4.69, 9.17) is 9.47 Å². The Morgan fingerprint density at radius 1 is 1.07 bits per heavy atom. The van der Waals surface area contributed by atoms with Gasteiger partial charge in [-0.25, -0.2) is 4.79 Å². The summed E-state index contributed by atoms with van der Waals surface area (Å²) in [6, 6.07) is 12.4. The Morgan fingerprint density at radius 3 is 2.26 bits per heavy atom. The fraction of sp³-hybridized carbons (Fsp3) is 0.238. The molecule has 0 spiro atoms. The number of rotatable bonds is 8. The number of carbonyl (C=O) groups excluding carboxylic acids is 1. The number of carboxylic acid groups (broad SMARTS) is 1. The lowest BCUT2D eigenvalue weighted by molar-refractivity contribution is -0.152. The van der Waals surface area contributed by atoms with Gasteiger partial charge in [0.25, 0.3) is 0 Å². The van der Waals surface area contributed by atoms with Gasteiger partial charge >= 0.3 is 5.97 Å². The number of methoxy groups -OCH3 is 1. The highest BCUT2D eigenvalue weighted by atomic mass is 32.2. The molecule has 0 saturated carbocycles. The summed E-state index contributed by atoms with van der Waals surface area (Å²) in [4.78, 5) is 24.7. The number of ether oxygens (including phenoxy) is 2. The SMILES string of the molecule is COc1cc(/C=C/C(=O)c2ccc(SC)cc2)cc(OC(C)(C)C(=O)O)c1. The van der Waals surface area contributed by atoms with Gasteiger partial charge in [-0.1, -0.05) is 6.08 Å². The molecule has 0 aliphatic rings. The molecule has 0 atom stereocenters. The normalized spacial score (nSPS) is 11.4. The molecule has 6 heteroatoms. The molecule has 0 fully saturated rings. The molecule has 0 heterocycles. The van der Waals surface area contributed by atoms with Gasteiger partial charge in [0.15, 0.2) is 11.4 Å². The van der Waals surface area contributed by atoms with Crippen molar-refractivity contribution in [3.05, 3.63) is 59.7 Å². The van der Waals surface area contributed by atoms with Crippen molar-refractivity contribution in [2.24, 2.45) is 0 Å². The summed E-state index contributed by atoms with van der Waals surface area (Å²) in [6.45, 7) is 2.93. The number of carbonyl (C=O) groups is 2. The van der Waals surface area contributed by atoms with Crippen molar-refractivity contribution in [2.75, 3.05) is 13.4 Å². The molecule has 1 N–H and O–H groups in total. The lowest BCUT2D eigenvalue weighted by Crippen LogP contribution is -2.37. The van der Waals surface area contributed by atoms with Crippen molar-refractivity contribution in [1.82, 2.24) is 0 Å². The van der Waals surface area contributed by atoms with Gasteiger partial charge in [-0.05, 0) is 68.1 Å². The summed E-state index contributed by atoms with van der Waals surface area (Å²) in [5, 5.41) is 9.22. The average Bonchev–Trinajstić information content (AvgIpc) is 2.65. The van der Waals surface area contributed by atoms with E-state index in [1.54, 1.807) is 48.2 Å². The first kappa shape index (κ1) is 20.6. The predicted octanol–water partition coefficient (Wildman–Crippen LogP) is 4.56. The second-order valence-electron chi connectivity index (χ2n) is 6.29. The number of hydrogen-bond donors (Lipinski definition) is 1. The molecule has 27 heavy (non-hydrogen) atoms. The zero-order valence-electron chi connectivity index (χ0n) is 15.7. The average molecular weight is 386 g/mol. The molecule has 5 nitrogen and oxygen atoms in total. The first-order valence-corrected chi connectivity index (χ1v) is 9.45. The minimum atomic E-state index is -1.39. The lowest BCUT2D eigenvalue weighted by atomic mass is 10.1. The second-order valence-corrected chi connectivity index (χ2v) is 7.17. The standard InChI is InChI=1S/C21H22O5S/c1-21(2,20(23)24)26-17-12-14(11-16(13-17)25-3)5-10-19(22)15-6-8-18(27-4)9-7-15/h5-13H,1-4H3,(H,23,24)/b10-5+. The van der Waals surface area contributed by atoms with E-state index in [9.17, 15) is 14.7 Å². The van der Waals surface area contributed by atoms with Crippen LogP contribution >= 0.6 is 11.8 Å². The molecule has 0 radical (unpaired) electrons. The summed E-state index contributed by atoms with van der Waals surface area (Å²) in [5.74, 6) is -0.353. The van der Waals surface area contributed by atoms with Crippen LogP contribution < -0.4 is 9.47 Å². The van der Waals surface area contributed by atoms with Crippen molar-refractivity contribution in [3.63, 3.8) is 0 Å². The Kier molecular flexibility index (Phi) is 6.69. The molecule has 2 aromatic rings. The Labute approximate surface area is 163 Å². The molecule has 0 aliphatic heterocycles. The molecule has 0 amide bonds. The van der Waals surface area contributed by atoms with Crippen molar-refractivity contribution in [1.29, 1.82) is 0 Å². The zero-order chi connectivity index (χ0) is 20.0. The first-order chi connectivity index (χ1) is 12.7. The van der Waals surface area contributed by atoms with Gasteiger partial charge < -0.3 is 14.6 Å². The molecule has 142 valence electrons. The van der Waals surface area contributed by atoms with Gasteiger partial charge in [0.1, 0.15) is 11.5 Å². The summed E-state index contributed by atoms with van der Waals surface area (Å²) in [6.07, 6.45) is 5.09. The van der Waals surface area contributed by atoms with Crippen LogP contribution in [0.2, 0.25) is 0 Å². The van der Waals surface area contributed by atoms with Crippen LogP contribution in [-0.2, 0) is 4.79 Å². The van der Waals surface area contributed by atoms with Gasteiger partial charge in [-0.15, -0.1) is 11.8 Å². The number of hydrogen-bond acceptors (Lipinski definition) is 5. The number of carboxylic acids is 1. The van der Waals surface area contributed by atoms with Crippen LogP contribution in [0.25, 0.3) is 6.08 Å². The zero-order valence-corrected chi connectivity index (χ0v) is 16.5. The van der Waals surface area contributed by atoms with E-state index in [-0.39, 0.29) is 5.78 Å². The van der Waals surface area contributed by atoms with Crippen LogP contribution in [-0.4, -0.2) is 35.8 Å². The fourth-order valence-electron chi connectivity index (χ4n) is 2.23. The van der Waals surface area contributed by atoms with Crippen molar-refractivity contribution >= 4 is 29.6 Å². The van der Waals surface area contributed by atoms with E-state index in [1.165, 1.54) is 27.0 Å². The van der Waals surface area contributed by atoms with Gasteiger partial charge in [-0.3, -0.25) is 4.79 Å². The highest BCUT2D eigenvalue weighted by Gasteiger charge is 2.29. The van der Waals surface area contributed by atoms with Crippen LogP contribution in [0.1, 0.15) is 29.8 Å². The molecule has 0 aliphatic carbocycles. The number of benzene rings is 2. The Morgan fingerprint density at radius 2 is 1.70 bits per heavy atom. The smallest absolute Gasteiger partial charge is 0.347 e. The molecular weight excluding hydrogens is 364 g/mol. The minimum absolute atomic E-state index is 0.126. The minimum Gasteiger partial charge on any atom is -0.497 e. The third-order valence-corrected chi connectivity index (χ3v) is 4.57. The van der Waals surface area contributed by atoms with Crippen LogP contribution in [0.15, 0.2) is 53.4 Å². The highest BCUT2D eigenvalue weighted by Crippen LogP contribution is 2.27. The van der Waals surface area contributed by atoms with Crippen molar-refractivity contribution in [2.45, 2.75) is 24.3 Å². The quantitative estimate of drug-likeness (QED) is 0.407. The van der Waals surface area contributed by atoms with Gasteiger partial charge in [0.05, 0.1) is 7.11 Å². The molecular formula is C21H22O5S. The maximum absolute atomic E-state index is 12.3. The van der Waals surface area contributed by atoms with E-state index in [0.29, 0.717) is 22.6 Å². The van der Waals surface area contributed by atoms with E-state index in [0.717, 1.165) is 4.90 Å². The van der Waals surface area contributed by atoms with Crippen LogP contribution in [0.5, 0.6) is 11.5 Å². The Balaban J connectivity index is 2.23. The second kappa shape index (κ2) is 8.77.